The fraction of sp³-hybridized carbons (Fsp3) is 1.00. The van der Waals surface area contributed by atoms with Crippen LogP contribution in [0.1, 0.15) is 13.8 Å². The molecule has 0 atom stereocenters. The quantitative estimate of drug-likeness (QED) is 0.583. The standard InChI is InChI=1S/C4H7Cl3O.2H2O/c1-3(2,8)4(5,6)7;;/h8H,1-2H3;2*1H2. The van der Waals surface area contributed by atoms with E-state index in [1.165, 1.54) is 13.8 Å². The van der Waals surface area contributed by atoms with Gasteiger partial charge in [0.1, 0.15) is 5.60 Å². The molecule has 10 heavy (non-hydrogen) atoms. The fourth-order valence-electron chi connectivity index (χ4n) is 0. The lowest BCUT2D eigenvalue weighted by Gasteiger charge is -2.25. The van der Waals surface area contributed by atoms with Gasteiger partial charge in [0.25, 0.3) is 0 Å². The molecule has 3 nitrogen and oxygen atoms in total. The molecule has 0 amide bonds. The highest BCUT2D eigenvalue weighted by Crippen LogP contribution is 2.37. The fourth-order valence-corrected chi connectivity index (χ4v) is 0. The minimum atomic E-state index is -1.59. The van der Waals surface area contributed by atoms with Gasteiger partial charge in [-0.2, -0.15) is 0 Å². The normalized spacial score (nSPS) is 11.4. The van der Waals surface area contributed by atoms with E-state index >= 15 is 0 Å². The Kier molecular flexibility index (Phi) is 7.81. The smallest absolute Gasteiger partial charge is 0.218 e. The van der Waals surface area contributed by atoms with E-state index in [1.807, 2.05) is 0 Å². The molecular formula is C4H11Cl3O3. The lowest BCUT2D eigenvalue weighted by Crippen LogP contribution is -2.35. The highest BCUT2D eigenvalue weighted by atomic mass is 35.6. The van der Waals surface area contributed by atoms with Crippen LogP contribution in [-0.4, -0.2) is 25.5 Å². The maximum absolute atomic E-state index is 8.96. The molecule has 0 aliphatic rings. The predicted octanol–water partition coefficient (Wildman–Crippen LogP) is 0.478. The molecule has 0 spiro atoms. The molecule has 0 aliphatic carbocycles. The molecule has 0 aromatic rings. The van der Waals surface area contributed by atoms with Gasteiger partial charge in [0.2, 0.25) is 3.79 Å². The molecular weight excluding hydrogens is 202 g/mol. The van der Waals surface area contributed by atoms with Gasteiger partial charge >= 0.3 is 0 Å². The Morgan fingerprint density at radius 2 is 1.10 bits per heavy atom. The summed E-state index contributed by atoms with van der Waals surface area (Å²) < 4.78 is -1.59. The first-order chi connectivity index (χ1) is 3.25. The Labute approximate surface area is 74.5 Å². The first kappa shape index (κ1) is 17.0. The Bertz CT molecular complexity index is 70.7. The van der Waals surface area contributed by atoms with Crippen molar-refractivity contribution in [1.29, 1.82) is 0 Å². The predicted molar refractivity (Wildman–Crippen MR) is 43.8 cm³/mol. The number of hydrogen-bond donors (Lipinski definition) is 1. The van der Waals surface area contributed by atoms with E-state index in [9.17, 15) is 0 Å². The summed E-state index contributed by atoms with van der Waals surface area (Å²) in [5, 5.41) is 8.96. The van der Waals surface area contributed by atoms with Crippen LogP contribution < -0.4 is 0 Å². The van der Waals surface area contributed by atoms with Crippen LogP contribution in [0.2, 0.25) is 0 Å². The zero-order valence-corrected chi connectivity index (χ0v) is 7.85. The molecule has 0 radical (unpaired) electrons. The third-order valence-electron chi connectivity index (χ3n) is 0.694. The molecule has 6 heteroatoms. The van der Waals surface area contributed by atoms with Crippen molar-refractivity contribution in [3.8, 4) is 0 Å². The molecule has 0 aromatic heterocycles. The summed E-state index contributed by atoms with van der Waals surface area (Å²) >= 11 is 15.9. The van der Waals surface area contributed by atoms with Gasteiger partial charge in [-0.05, 0) is 13.8 Å². The number of halogens is 3. The summed E-state index contributed by atoms with van der Waals surface area (Å²) in [5.74, 6) is 0. The van der Waals surface area contributed by atoms with Crippen molar-refractivity contribution >= 4 is 34.8 Å². The summed E-state index contributed by atoms with van der Waals surface area (Å²) in [6.07, 6.45) is 0. The third kappa shape index (κ3) is 5.53. The van der Waals surface area contributed by atoms with E-state index in [0.29, 0.717) is 0 Å². The molecule has 0 heterocycles. The van der Waals surface area contributed by atoms with Crippen molar-refractivity contribution in [2.75, 3.05) is 0 Å². The van der Waals surface area contributed by atoms with Gasteiger partial charge in [-0.3, -0.25) is 0 Å². The minimum absolute atomic E-state index is 0. The van der Waals surface area contributed by atoms with E-state index in [0.717, 1.165) is 0 Å². The topological polar surface area (TPSA) is 83.2 Å². The SMILES string of the molecule is CC(C)(O)C(Cl)(Cl)Cl.O.O. The van der Waals surface area contributed by atoms with E-state index < -0.39 is 9.39 Å². The first-order valence-electron chi connectivity index (χ1n) is 2.04. The van der Waals surface area contributed by atoms with Gasteiger partial charge in [0, 0.05) is 0 Å². The zero-order valence-electron chi connectivity index (χ0n) is 5.58. The second-order valence-electron chi connectivity index (χ2n) is 2.06. The summed E-state index contributed by atoms with van der Waals surface area (Å²) in [4.78, 5) is 0. The Hall–Kier alpha value is 0.750. The molecule has 0 unspecified atom stereocenters. The van der Waals surface area contributed by atoms with E-state index in [4.69, 9.17) is 39.9 Å². The maximum atomic E-state index is 8.96. The molecule has 0 saturated heterocycles. The van der Waals surface area contributed by atoms with E-state index in [-0.39, 0.29) is 11.0 Å². The lowest BCUT2D eigenvalue weighted by atomic mass is 10.2. The summed E-state index contributed by atoms with van der Waals surface area (Å²) in [7, 11) is 0. The van der Waals surface area contributed by atoms with Crippen molar-refractivity contribution in [2.24, 2.45) is 0 Å². The third-order valence-corrected chi connectivity index (χ3v) is 2.08. The van der Waals surface area contributed by atoms with Gasteiger partial charge in [0.15, 0.2) is 0 Å². The Balaban J connectivity index is -0.000000245. The molecule has 0 rings (SSSR count). The first-order valence-corrected chi connectivity index (χ1v) is 3.17. The number of rotatable bonds is 0. The lowest BCUT2D eigenvalue weighted by molar-refractivity contribution is 0.0847. The molecule has 0 aliphatic heterocycles. The molecule has 0 aromatic carbocycles. The highest BCUT2D eigenvalue weighted by Gasteiger charge is 2.38. The zero-order chi connectivity index (χ0) is 7.00. The number of hydrogen-bond acceptors (Lipinski definition) is 1. The van der Waals surface area contributed by atoms with Crippen molar-refractivity contribution in [3.05, 3.63) is 0 Å². The van der Waals surface area contributed by atoms with Crippen LogP contribution >= 0.6 is 34.8 Å². The molecule has 66 valence electrons. The summed E-state index contributed by atoms with van der Waals surface area (Å²) in [6.45, 7) is 2.86. The van der Waals surface area contributed by atoms with Crippen molar-refractivity contribution in [2.45, 2.75) is 23.2 Å². The minimum Gasteiger partial charge on any atom is -0.412 e. The Morgan fingerprint density at radius 3 is 1.10 bits per heavy atom. The van der Waals surface area contributed by atoms with Gasteiger partial charge in [-0.1, -0.05) is 34.8 Å². The van der Waals surface area contributed by atoms with E-state index in [2.05, 4.69) is 0 Å². The van der Waals surface area contributed by atoms with Gasteiger partial charge in [-0.25, -0.2) is 0 Å². The van der Waals surface area contributed by atoms with Crippen molar-refractivity contribution in [1.82, 2.24) is 0 Å². The van der Waals surface area contributed by atoms with Crippen LogP contribution in [0.3, 0.4) is 0 Å². The van der Waals surface area contributed by atoms with Crippen LogP contribution in [0.5, 0.6) is 0 Å². The van der Waals surface area contributed by atoms with Crippen molar-refractivity contribution in [3.63, 3.8) is 0 Å². The second kappa shape index (κ2) is 4.59. The van der Waals surface area contributed by atoms with Crippen LogP contribution in [0.15, 0.2) is 0 Å². The maximum Gasteiger partial charge on any atom is 0.218 e. The average molecular weight is 213 g/mol. The highest BCUT2D eigenvalue weighted by molar-refractivity contribution is 6.68. The van der Waals surface area contributed by atoms with Gasteiger partial charge in [-0.15, -0.1) is 0 Å². The largest absolute Gasteiger partial charge is 0.412 e. The van der Waals surface area contributed by atoms with Crippen LogP contribution in [0.4, 0.5) is 0 Å². The second-order valence-corrected chi connectivity index (χ2v) is 4.34. The van der Waals surface area contributed by atoms with Gasteiger partial charge in [0.05, 0.1) is 0 Å². The number of alkyl halides is 3. The van der Waals surface area contributed by atoms with E-state index in [1.54, 1.807) is 0 Å². The molecule has 0 saturated carbocycles. The molecule has 0 fully saturated rings. The monoisotopic (exact) mass is 212 g/mol. The summed E-state index contributed by atoms with van der Waals surface area (Å²) in [5.41, 5.74) is -1.27. The van der Waals surface area contributed by atoms with Gasteiger partial charge < -0.3 is 16.1 Å². The summed E-state index contributed by atoms with van der Waals surface area (Å²) in [6, 6.07) is 0. The average Bonchev–Trinajstić information content (AvgIpc) is 1.25. The molecule has 5 N–H and O–H groups in total. The van der Waals surface area contributed by atoms with Crippen molar-refractivity contribution < 1.29 is 16.1 Å². The van der Waals surface area contributed by atoms with Crippen LogP contribution in [-0.2, 0) is 0 Å². The van der Waals surface area contributed by atoms with Crippen LogP contribution in [0, 0.1) is 0 Å². The Morgan fingerprint density at radius 1 is 1.00 bits per heavy atom. The molecule has 0 bridgehead atoms. The van der Waals surface area contributed by atoms with Crippen LogP contribution in [0.25, 0.3) is 0 Å². The number of aliphatic hydroxyl groups is 1.